The highest BCUT2D eigenvalue weighted by Gasteiger charge is 1.97. The van der Waals surface area contributed by atoms with Crippen LogP contribution < -0.4 is 10.1 Å². The van der Waals surface area contributed by atoms with Crippen molar-refractivity contribution in [3.05, 3.63) is 29.3 Å². The molecule has 0 amide bonds. The molecule has 0 aliphatic heterocycles. The highest BCUT2D eigenvalue weighted by molar-refractivity contribution is 5.44. The van der Waals surface area contributed by atoms with Gasteiger partial charge >= 0.3 is 0 Å². The smallest absolute Gasteiger partial charge is 0.123 e. The first-order valence-electron chi connectivity index (χ1n) is 4.56. The third kappa shape index (κ3) is 2.79. The molecule has 74 valence electrons. The molecule has 0 aliphatic rings. The van der Waals surface area contributed by atoms with Crippen molar-refractivity contribution in [1.82, 2.24) is 5.32 Å². The molecule has 2 nitrogen and oxygen atoms in total. The van der Waals surface area contributed by atoms with Gasteiger partial charge in [-0.05, 0) is 31.7 Å². The van der Waals surface area contributed by atoms with Gasteiger partial charge in [-0.3, -0.25) is 0 Å². The van der Waals surface area contributed by atoms with Crippen LogP contribution in [0.4, 0.5) is 0 Å². The molecule has 0 radical (unpaired) electrons. The van der Waals surface area contributed by atoms with E-state index < -0.39 is 0 Å². The second-order valence-corrected chi connectivity index (χ2v) is 3.02. The normalized spacial score (nSPS) is 9.07. The Kier molecular flexibility index (Phi) is 4.03. The van der Waals surface area contributed by atoms with Crippen molar-refractivity contribution in [3.8, 4) is 17.6 Å². The summed E-state index contributed by atoms with van der Waals surface area (Å²) in [5.41, 5.74) is 2.12. The van der Waals surface area contributed by atoms with Crippen LogP contribution in [-0.2, 0) is 0 Å². The number of rotatable bonds is 2. The Morgan fingerprint density at radius 1 is 1.43 bits per heavy atom. The summed E-state index contributed by atoms with van der Waals surface area (Å²) in [6.07, 6.45) is 0. The predicted molar refractivity (Wildman–Crippen MR) is 58.5 cm³/mol. The zero-order valence-electron chi connectivity index (χ0n) is 8.85. The molecule has 0 saturated carbocycles. The molecule has 1 N–H and O–H groups in total. The number of hydrogen-bond acceptors (Lipinski definition) is 2. The summed E-state index contributed by atoms with van der Waals surface area (Å²) < 4.78 is 5.21. The van der Waals surface area contributed by atoms with Crippen LogP contribution in [0.2, 0.25) is 0 Å². The lowest BCUT2D eigenvalue weighted by Crippen LogP contribution is -2.04. The molecule has 1 aromatic carbocycles. The van der Waals surface area contributed by atoms with Crippen molar-refractivity contribution in [2.45, 2.75) is 6.92 Å². The van der Waals surface area contributed by atoms with Gasteiger partial charge in [0, 0.05) is 5.56 Å². The second kappa shape index (κ2) is 5.31. The fourth-order valence-electron chi connectivity index (χ4n) is 1.13. The Bertz CT molecular complexity index is 360. The molecule has 2 heteroatoms. The van der Waals surface area contributed by atoms with Crippen molar-refractivity contribution in [2.75, 3.05) is 20.7 Å². The molecule has 0 aromatic heterocycles. The Morgan fingerprint density at radius 2 is 2.21 bits per heavy atom. The number of aryl methyl sites for hydroxylation is 1. The van der Waals surface area contributed by atoms with Gasteiger partial charge in [-0.25, -0.2) is 0 Å². The standard InChI is InChI=1S/C12H15NO/c1-10-6-7-11(5-4-8-13-2)9-12(10)14-3/h6-7,9,13H,8H2,1-3H3. The summed E-state index contributed by atoms with van der Waals surface area (Å²) in [5.74, 6) is 6.95. The molecule has 14 heavy (non-hydrogen) atoms. The van der Waals surface area contributed by atoms with Crippen molar-refractivity contribution in [1.29, 1.82) is 0 Å². The molecule has 0 spiro atoms. The zero-order chi connectivity index (χ0) is 10.4. The van der Waals surface area contributed by atoms with Gasteiger partial charge in [0.1, 0.15) is 5.75 Å². The Labute approximate surface area is 85.3 Å². The van der Waals surface area contributed by atoms with Gasteiger partial charge in [0.05, 0.1) is 13.7 Å². The average molecular weight is 189 g/mol. The van der Waals surface area contributed by atoms with Gasteiger partial charge in [0.2, 0.25) is 0 Å². The number of benzene rings is 1. The van der Waals surface area contributed by atoms with Crippen molar-refractivity contribution in [2.24, 2.45) is 0 Å². The maximum absolute atomic E-state index is 5.21. The first-order chi connectivity index (χ1) is 6.77. The van der Waals surface area contributed by atoms with Gasteiger partial charge in [-0.1, -0.05) is 17.9 Å². The van der Waals surface area contributed by atoms with Crippen LogP contribution in [0.5, 0.6) is 5.75 Å². The summed E-state index contributed by atoms with van der Waals surface area (Å²) in [6, 6.07) is 5.97. The molecule has 0 heterocycles. The van der Waals surface area contributed by atoms with Gasteiger partial charge in [-0.2, -0.15) is 0 Å². The van der Waals surface area contributed by atoms with Crippen molar-refractivity contribution in [3.63, 3.8) is 0 Å². The number of methoxy groups -OCH3 is 1. The maximum Gasteiger partial charge on any atom is 0.123 e. The SMILES string of the molecule is CNCC#Cc1ccc(C)c(OC)c1. The fourth-order valence-corrected chi connectivity index (χ4v) is 1.13. The van der Waals surface area contributed by atoms with E-state index in [2.05, 4.69) is 17.2 Å². The van der Waals surface area contributed by atoms with Gasteiger partial charge in [0.15, 0.2) is 0 Å². The highest BCUT2D eigenvalue weighted by Crippen LogP contribution is 2.18. The van der Waals surface area contributed by atoms with Crippen LogP contribution in [0.25, 0.3) is 0 Å². The van der Waals surface area contributed by atoms with E-state index in [0.717, 1.165) is 16.9 Å². The molecular formula is C12H15NO. The van der Waals surface area contributed by atoms with Gasteiger partial charge in [-0.15, -0.1) is 0 Å². The monoisotopic (exact) mass is 189 g/mol. The summed E-state index contributed by atoms with van der Waals surface area (Å²) >= 11 is 0. The summed E-state index contributed by atoms with van der Waals surface area (Å²) in [6.45, 7) is 2.72. The number of hydrogen-bond donors (Lipinski definition) is 1. The highest BCUT2D eigenvalue weighted by atomic mass is 16.5. The van der Waals surface area contributed by atoms with E-state index in [1.165, 1.54) is 0 Å². The largest absolute Gasteiger partial charge is 0.496 e. The number of ether oxygens (including phenoxy) is 1. The summed E-state index contributed by atoms with van der Waals surface area (Å²) in [7, 11) is 3.55. The first-order valence-corrected chi connectivity index (χ1v) is 4.56. The molecule has 1 rings (SSSR count). The third-order valence-corrected chi connectivity index (χ3v) is 1.91. The van der Waals surface area contributed by atoms with Crippen LogP contribution in [0.1, 0.15) is 11.1 Å². The molecule has 0 aliphatic carbocycles. The van der Waals surface area contributed by atoms with Crippen LogP contribution in [0.3, 0.4) is 0 Å². The lowest BCUT2D eigenvalue weighted by Gasteiger charge is -2.03. The maximum atomic E-state index is 5.21. The van der Waals surface area contributed by atoms with E-state index in [0.29, 0.717) is 6.54 Å². The minimum Gasteiger partial charge on any atom is -0.496 e. The minimum atomic E-state index is 0.705. The Hall–Kier alpha value is -1.46. The van der Waals surface area contributed by atoms with Gasteiger partial charge < -0.3 is 10.1 Å². The van der Waals surface area contributed by atoms with E-state index in [4.69, 9.17) is 4.74 Å². The molecule has 1 aromatic rings. The van der Waals surface area contributed by atoms with E-state index in [1.54, 1.807) is 7.11 Å². The Morgan fingerprint density at radius 3 is 2.86 bits per heavy atom. The van der Waals surface area contributed by atoms with E-state index in [9.17, 15) is 0 Å². The first kappa shape index (κ1) is 10.6. The van der Waals surface area contributed by atoms with Crippen LogP contribution in [-0.4, -0.2) is 20.7 Å². The van der Waals surface area contributed by atoms with Crippen LogP contribution in [0, 0.1) is 18.8 Å². The van der Waals surface area contributed by atoms with Gasteiger partial charge in [0.25, 0.3) is 0 Å². The van der Waals surface area contributed by atoms with E-state index in [1.807, 2.05) is 32.2 Å². The molecule has 0 fully saturated rings. The third-order valence-electron chi connectivity index (χ3n) is 1.91. The fraction of sp³-hybridized carbons (Fsp3) is 0.333. The Balaban J connectivity index is 2.86. The lowest BCUT2D eigenvalue weighted by atomic mass is 10.1. The van der Waals surface area contributed by atoms with Crippen molar-refractivity contribution < 1.29 is 4.74 Å². The van der Waals surface area contributed by atoms with Crippen LogP contribution in [0.15, 0.2) is 18.2 Å². The molecular weight excluding hydrogens is 174 g/mol. The average Bonchev–Trinajstić information content (AvgIpc) is 2.21. The molecule has 0 bridgehead atoms. The zero-order valence-corrected chi connectivity index (χ0v) is 8.85. The molecule has 0 unspecified atom stereocenters. The summed E-state index contributed by atoms with van der Waals surface area (Å²) in [4.78, 5) is 0. The lowest BCUT2D eigenvalue weighted by molar-refractivity contribution is 0.411. The molecule has 0 saturated heterocycles. The van der Waals surface area contributed by atoms with E-state index in [-0.39, 0.29) is 0 Å². The van der Waals surface area contributed by atoms with E-state index >= 15 is 0 Å². The van der Waals surface area contributed by atoms with Crippen molar-refractivity contribution >= 4 is 0 Å². The molecule has 0 atom stereocenters. The van der Waals surface area contributed by atoms with Crippen LogP contribution >= 0.6 is 0 Å². The quantitative estimate of drug-likeness (QED) is 0.713. The minimum absolute atomic E-state index is 0.705. The predicted octanol–water partition coefficient (Wildman–Crippen LogP) is 1.57. The number of nitrogens with one attached hydrogen (secondary N) is 1. The topological polar surface area (TPSA) is 21.3 Å². The summed E-state index contributed by atoms with van der Waals surface area (Å²) in [5, 5.41) is 2.97. The second-order valence-electron chi connectivity index (χ2n) is 3.02.